The number of hydrogen-bond acceptors (Lipinski definition) is 3. The van der Waals surface area contributed by atoms with E-state index < -0.39 is 5.91 Å². The Balaban J connectivity index is 0.00000225. The first-order chi connectivity index (χ1) is 11.5. The van der Waals surface area contributed by atoms with Crippen molar-refractivity contribution in [2.45, 2.75) is 6.54 Å². The number of benzene rings is 1. The second-order valence-electron chi connectivity index (χ2n) is 5.24. The molecule has 0 aliphatic heterocycles. The van der Waals surface area contributed by atoms with Gasteiger partial charge in [-0.2, -0.15) is 0 Å². The largest absolute Gasteiger partial charge is 0.377 e. The van der Waals surface area contributed by atoms with Crippen LogP contribution in [0.2, 0.25) is 5.02 Å². The number of rotatable bonds is 3. The van der Waals surface area contributed by atoms with Crippen molar-refractivity contribution in [3.05, 3.63) is 73.7 Å². The maximum atomic E-state index is 12.6. The van der Waals surface area contributed by atoms with E-state index in [2.05, 4.69) is 32.4 Å². The quantitative estimate of drug-likeness (QED) is 0.450. The van der Waals surface area contributed by atoms with Gasteiger partial charge in [0.05, 0.1) is 5.56 Å². The molecule has 3 aromatic rings. The number of nitrogens with one attached hydrogen (secondary N) is 1. The van der Waals surface area contributed by atoms with Gasteiger partial charge in [0.1, 0.15) is 5.43 Å². The normalized spacial score (nSPS) is 10.4. The van der Waals surface area contributed by atoms with E-state index in [0.717, 1.165) is 5.56 Å². The number of halogens is 2. The van der Waals surface area contributed by atoms with Gasteiger partial charge < -0.3 is 19.7 Å². The van der Waals surface area contributed by atoms with Crippen LogP contribution in [0.25, 0.3) is 10.9 Å². The van der Waals surface area contributed by atoms with Crippen molar-refractivity contribution in [3.63, 3.8) is 0 Å². The van der Waals surface area contributed by atoms with Gasteiger partial charge in [-0.15, -0.1) is 22.0 Å². The van der Waals surface area contributed by atoms with Crippen LogP contribution in [-0.4, -0.2) is 15.5 Å². The second-order valence-corrected chi connectivity index (χ2v) is 6.49. The van der Waals surface area contributed by atoms with Gasteiger partial charge in [-0.05, 0) is 27.8 Å². The van der Waals surface area contributed by atoms with E-state index in [9.17, 15) is 9.59 Å². The molecule has 1 aromatic carbocycles. The van der Waals surface area contributed by atoms with Gasteiger partial charge in [-0.3, -0.25) is 4.79 Å². The molecule has 0 aliphatic rings. The van der Waals surface area contributed by atoms with Gasteiger partial charge in [0, 0.05) is 57.5 Å². The number of amides is 1. The first-order valence-corrected chi connectivity index (χ1v) is 8.23. The summed E-state index contributed by atoms with van der Waals surface area (Å²) in [5.41, 5.74) is 1.16. The molecule has 0 unspecified atom stereocenters. The van der Waals surface area contributed by atoms with Crippen LogP contribution in [0.15, 0.2) is 45.9 Å². The van der Waals surface area contributed by atoms with Crippen LogP contribution in [0.4, 0.5) is 0 Å². The molecule has 0 atom stereocenters. The number of aromatic nitrogens is 2. The summed E-state index contributed by atoms with van der Waals surface area (Å²) in [5.74, 6) is -0.430. The molecular weight excluding hydrogens is 482 g/mol. The molecule has 1 radical (unpaired) electrons. The van der Waals surface area contributed by atoms with Crippen molar-refractivity contribution in [1.29, 1.82) is 0 Å². The van der Waals surface area contributed by atoms with E-state index >= 15 is 0 Å². The molecule has 3 rings (SSSR count). The standard InChI is InChI=1S/C17H12BrClN3O2.Y/c1-22-9-13(16(23)12-6-15(18)20-8-14(12)22)17(24)21-7-10-2-4-11(19)5-3-10;/h2-6,9H,7H2,1H3,(H,21,24);/q-1;. The monoisotopic (exact) mass is 493 g/mol. The molecule has 0 spiro atoms. The van der Waals surface area contributed by atoms with Gasteiger partial charge in [-0.25, -0.2) is 0 Å². The maximum Gasteiger partial charge on any atom is 0.255 e. The number of carbonyl (C=O) groups excluding carboxylic acids is 1. The topological polar surface area (TPSA) is 64.0 Å². The molecule has 0 saturated heterocycles. The van der Waals surface area contributed by atoms with Crippen LogP contribution in [0.5, 0.6) is 0 Å². The average Bonchev–Trinajstić information content (AvgIpc) is 2.57. The molecule has 0 bridgehead atoms. The van der Waals surface area contributed by atoms with Gasteiger partial charge in [0.25, 0.3) is 5.91 Å². The smallest absolute Gasteiger partial charge is 0.255 e. The van der Waals surface area contributed by atoms with E-state index in [4.69, 9.17) is 11.6 Å². The molecule has 5 nitrogen and oxygen atoms in total. The van der Waals surface area contributed by atoms with Crippen LogP contribution < -0.4 is 10.7 Å². The van der Waals surface area contributed by atoms with Crippen LogP contribution in [0.3, 0.4) is 0 Å². The third-order valence-electron chi connectivity index (χ3n) is 3.56. The predicted octanol–water partition coefficient (Wildman–Crippen LogP) is 3.08. The summed E-state index contributed by atoms with van der Waals surface area (Å²) in [7, 11) is 1.74. The van der Waals surface area contributed by atoms with Gasteiger partial charge >= 0.3 is 0 Å². The summed E-state index contributed by atoms with van der Waals surface area (Å²) < 4.78 is 2.15. The fraction of sp³-hybridized carbons (Fsp3) is 0.118. The number of pyridine rings is 2. The van der Waals surface area contributed by atoms with E-state index in [1.807, 2.05) is 12.1 Å². The average molecular weight is 495 g/mol. The zero-order valence-electron chi connectivity index (χ0n) is 13.2. The van der Waals surface area contributed by atoms with Gasteiger partial charge in [0.15, 0.2) is 0 Å². The SMILES string of the molecule is Cn1cc(C(=O)NCc2ccc(Cl)cc2)c(=O)c2cc(Br)n[c-]c21.[Y]. The fourth-order valence-electron chi connectivity index (χ4n) is 2.33. The summed E-state index contributed by atoms with van der Waals surface area (Å²) >= 11 is 9.05. The third-order valence-corrected chi connectivity index (χ3v) is 4.22. The maximum absolute atomic E-state index is 12.6. The number of carbonyl (C=O) groups is 1. The minimum absolute atomic E-state index is 0. The van der Waals surface area contributed by atoms with Crippen LogP contribution >= 0.6 is 27.5 Å². The van der Waals surface area contributed by atoms with Gasteiger partial charge in [-0.1, -0.05) is 35.3 Å². The summed E-state index contributed by atoms with van der Waals surface area (Å²) in [4.78, 5) is 29.0. The molecule has 1 amide bonds. The summed E-state index contributed by atoms with van der Waals surface area (Å²) in [6, 6.07) is 8.72. The Morgan fingerprint density at radius 1 is 1.36 bits per heavy atom. The molecule has 25 heavy (non-hydrogen) atoms. The Hall–Kier alpha value is -1.08. The molecule has 0 aliphatic carbocycles. The van der Waals surface area contributed by atoms with Crippen molar-refractivity contribution in [1.82, 2.24) is 14.9 Å². The minimum atomic E-state index is -0.430. The fourth-order valence-corrected chi connectivity index (χ4v) is 2.78. The minimum Gasteiger partial charge on any atom is -0.377 e. The Morgan fingerprint density at radius 3 is 2.72 bits per heavy atom. The summed E-state index contributed by atoms with van der Waals surface area (Å²) in [6.45, 7) is 0.309. The first-order valence-electron chi connectivity index (χ1n) is 7.06. The molecular formula is C17H12BrClN3O2Y-. The molecule has 125 valence electrons. The molecule has 2 heterocycles. The van der Waals surface area contributed by atoms with E-state index in [1.165, 1.54) is 6.20 Å². The summed E-state index contributed by atoms with van der Waals surface area (Å²) in [6.07, 6.45) is 4.27. The molecule has 0 saturated carbocycles. The predicted molar refractivity (Wildman–Crippen MR) is 96.1 cm³/mol. The molecule has 1 N–H and O–H groups in total. The van der Waals surface area contributed by atoms with Crippen LogP contribution in [0, 0.1) is 6.20 Å². The van der Waals surface area contributed by atoms with Crippen molar-refractivity contribution >= 4 is 44.3 Å². The molecule has 2 aromatic heterocycles. The van der Waals surface area contributed by atoms with Gasteiger partial charge in [0.2, 0.25) is 0 Å². The number of aryl methyl sites for hydroxylation is 1. The summed E-state index contributed by atoms with van der Waals surface area (Å²) in [5, 5.41) is 3.77. The Morgan fingerprint density at radius 2 is 2.04 bits per heavy atom. The van der Waals surface area contributed by atoms with Crippen molar-refractivity contribution in [2.24, 2.45) is 7.05 Å². The van der Waals surface area contributed by atoms with E-state index in [-0.39, 0.29) is 43.7 Å². The van der Waals surface area contributed by atoms with Crippen molar-refractivity contribution in [3.8, 4) is 0 Å². The van der Waals surface area contributed by atoms with Crippen molar-refractivity contribution < 1.29 is 37.5 Å². The van der Waals surface area contributed by atoms with E-state index in [0.29, 0.717) is 27.1 Å². The Bertz CT molecular complexity index is 990. The molecule has 8 heteroatoms. The van der Waals surface area contributed by atoms with E-state index in [1.54, 1.807) is 29.8 Å². The zero-order chi connectivity index (χ0) is 17.3. The van der Waals surface area contributed by atoms with Crippen LogP contribution in [-0.2, 0) is 46.3 Å². The number of hydrogen-bond donors (Lipinski definition) is 1. The Labute approximate surface area is 182 Å². The first kappa shape index (κ1) is 20.2. The van der Waals surface area contributed by atoms with Crippen LogP contribution in [0.1, 0.15) is 15.9 Å². The van der Waals surface area contributed by atoms with Crippen molar-refractivity contribution in [2.75, 3.05) is 0 Å². The zero-order valence-corrected chi connectivity index (χ0v) is 18.4. The number of nitrogens with zero attached hydrogens (tertiary/aromatic N) is 2. The third kappa shape index (κ3) is 4.56. The second kappa shape index (κ2) is 8.54. The molecule has 0 fully saturated rings. The number of fused-ring (bicyclic) bond motifs is 1. The Kier molecular flexibility index (Phi) is 6.91.